The maximum absolute atomic E-state index is 13.0. The molecular formula is C23H27ClN2O3S. The highest BCUT2D eigenvalue weighted by Gasteiger charge is 2.25. The number of carbonyl (C=O) groups excluding carboxylic acids is 1. The Morgan fingerprint density at radius 1 is 1.20 bits per heavy atom. The summed E-state index contributed by atoms with van der Waals surface area (Å²) in [5.74, 6) is 0.553. The SMILES string of the molecule is C=CCN(Cc1ccc(C(=O)N2CCC[C@@H](C)C2)cc1)S(=O)(=O)c1ccc(Cl)cc1. The Morgan fingerprint density at radius 3 is 2.47 bits per heavy atom. The first-order chi connectivity index (χ1) is 14.3. The fraction of sp³-hybridized carbons (Fsp3) is 0.348. The van der Waals surface area contributed by atoms with Crippen molar-refractivity contribution in [3.63, 3.8) is 0 Å². The van der Waals surface area contributed by atoms with Gasteiger partial charge >= 0.3 is 0 Å². The average molecular weight is 447 g/mol. The fourth-order valence-corrected chi connectivity index (χ4v) is 5.18. The molecule has 0 aromatic heterocycles. The quantitative estimate of drug-likeness (QED) is 0.584. The Hall–Kier alpha value is -2.15. The number of sulfonamides is 1. The lowest BCUT2D eigenvalue weighted by Gasteiger charge is -2.31. The second-order valence-electron chi connectivity index (χ2n) is 7.74. The minimum atomic E-state index is -3.70. The van der Waals surface area contributed by atoms with E-state index in [-0.39, 0.29) is 23.9 Å². The number of amides is 1. The molecule has 1 heterocycles. The molecule has 2 aromatic carbocycles. The van der Waals surface area contributed by atoms with Gasteiger partial charge < -0.3 is 4.90 Å². The lowest BCUT2D eigenvalue weighted by atomic mass is 9.99. The Kier molecular flexibility index (Phi) is 7.34. The molecule has 7 heteroatoms. The smallest absolute Gasteiger partial charge is 0.253 e. The molecule has 1 amide bonds. The van der Waals surface area contributed by atoms with Crippen LogP contribution in [0.5, 0.6) is 0 Å². The topological polar surface area (TPSA) is 57.7 Å². The zero-order valence-corrected chi connectivity index (χ0v) is 18.7. The van der Waals surface area contributed by atoms with Crippen molar-refractivity contribution in [2.45, 2.75) is 31.2 Å². The van der Waals surface area contributed by atoms with Crippen molar-refractivity contribution < 1.29 is 13.2 Å². The number of piperidine rings is 1. The first-order valence-electron chi connectivity index (χ1n) is 10.1. The van der Waals surface area contributed by atoms with Gasteiger partial charge in [0.15, 0.2) is 0 Å². The van der Waals surface area contributed by atoms with Crippen LogP contribution in [0.3, 0.4) is 0 Å². The van der Waals surface area contributed by atoms with Crippen LogP contribution in [0, 0.1) is 5.92 Å². The van der Waals surface area contributed by atoms with E-state index in [2.05, 4.69) is 13.5 Å². The largest absolute Gasteiger partial charge is 0.338 e. The highest BCUT2D eigenvalue weighted by Crippen LogP contribution is 2.22. The molecule has 1 aliphatic heterocycles. The van der Waals surface area contributed by atoms with E-state index in [0.29, 0.717) is 16.5 Å². The summed E-state index contributed by atoms with van der Waals surface area (Å²) in [6.07, 6.45) is 3.75. The van der Waals surface area contributed by atoms with Crippen molar-refractivity contribution >= 4 is 27.5 Å². The molecule has 2 aromatic rings. The molecule has 0 bridgehead atoms. The van der Waals surface area contributed by atoms with Crippen LogP contribution in [0.2, 0.25) is 5.02 Å². The number of carbonyl (C=O) groups is 1. The average Bonchev–Trinajstić information content (AvgIpc) is 2.74. The molecule has 0 saturated carbocycles. The van der Waals surface area contributed by atoms with Gasteiger partial charge in [-0.1, -0.05) is 36.7 Å². The summed E-state index contributed by atoms with van der Waals surface area (Å²) in [5, 5.41) is 0.479. The highest BCUT2D eigenvalue weighted by molar-refractivity contribution is 7.89. The molecule has 1 atom stereocenters. The van der Waals surface area contributed by atoms with Gasteiger partial charge in [0.2, 0.25) is 10.0 Å². The molecule has 0 spiro atoms. The van der Waals surface area contributed by atoms with Crippen LogP contribution in [0.1, 0.15) is 35.7 Å². The van der Waals surface area contributed by atoms with Gasteiger partial charge in [-0.15, -0.1) is 6.58 Å². The summed E-state index contributed by atoms with van der Waals surface area (Å²) in [7, 11) is -3.70. The monoisotopic (exact) mass is 446 g/mol. The second-order valence-corrected chi connectivity index (χ2v) is 10.1. The molecule has 0 radical (unpaired) electrons. The van der Waals surface area contributed by atoms with Crippen molar-refractivity contribution in [1.29, 1.82) is 0 Å². The predicted molar refractivity (Wildman–Crippen MR) is 120 cm³/mol. The van der Waals surface area contributed by atoms with Crippen LogP contribution in [-0.2, 0) is 16.6 Å². The molecule has 1 fully saturated rings. The van der Waals surface area contributed by atoms with Crippen molar-refractivity contribution in [3.05, 3.63) is 77.3 Å². The van der Waals surface area contributed by atoms with E-state index in [9.17, 15) is 13.2 Å². The van der Waals surface area contributed by atoms with E-state index in [1.165, 1.54) is 16.4 Å². The number of likely N-dealkylation sites (tertiary alicyclic amines) is 1. The van der Waals surface area contributed by atoms with Crippen LogP contribution in [-0.4, -0.2) is 43.2 Å². The number of benzene rings is 2. The zero-order chi connectivity index (χ0) is 21.7. The van der Waals surface area contributed by atoms with Gasteiger partial charge in [0, 0.05) is 36.8 Å². The third-order valence-corrected chi connectivity index (χ3v) is 7.37. The highest BCUT2D eigenvalue weighted by atomic mass is 35.5. The summed E-state index contributed by atoms with van der Waals surface area (Å²) < 4.78 is 27.4. The Bertz CT molecular complexity index is 988. The standard InChI is InChI=1S/C23H27ClN2O3S/c1-3-14-26(30(28,29)22-12-10-21(24)11-13-22)17-19-6-8-20(9-7-19)23(27)25-15-4-5-18(2)16-25/h3,6-13,18H,1,4-5,14-17H2,2H3/t18-/m1/s1. The normalized spacial score (nSPS) is 17.2. The van der Waals surface area contributed by atoms with Gasteiger partial charge in [0.05, 0.1) is 4.90 Å². The number of nitrogens with zero attached hydrogens (tertiary/aromatic N) is 2. The lowest BCUT2D eigenvalue weighted by molar-refractivity contribution is 0.0683. The lowest BCUT2D eigenvalue weighted by Crippen LogP contribution is -2.39. The van der Waals surface area contributed by atoms with Crippen molar-refractivity contribution in [2.75, 3.05) is 19.6 Å². The van der Waals surface area contributed by atoms with Gasteiger partial charge in [-0.2, -0.15) is 4.31 Å². The van der Waals surface area contributed by atoms with Crippen LogP contribution < -0.4 is 0 Å². The number of hydrogen-bond donors (Lipinski definition) is 0. The van der Waals surface area contributed by atoms with Crippen molar-refractivity contribution in [3.8, 4) is 0 Å². The van der Waals surface area contributed by atoms with Crippen molar-refractivity contribution in [2.24, 2.45) is 5.92 Å². The molecule has 30 heavy (non-hydrogen) atoms. The first-order valence-corrected chi connectivity index (χ1v) is 11.9. The molecule has 0 N–H and O–H groups in total. The van der Waals surface area contributed by atoms with Crippen LogP contribution >= 0.6 is 11.6 Å². The Balaban J connectivity index is 1.75. The first kappa shape index (κ1) is 22.5. The third kappa shape index (κ3) is 5.31. The Labute approximate surface area is 184 Å². The van der Waals surface area contributed by atoms with Crippen LogP contribution in [0.25, 0.3) is 0 Å². The van der Waals surface area contributed by atoms with Gasteiger partial charge in [0.25, 0.3) is 5.91 Å². The summed E-state index contributed by atoms with van der Waals surface area (Å²) in [5.41, 5.74) is 1.43. The van der Waals surface area contributed by atoms with E-state index in [0.717, 1.165) is 31.5 Å². The molecule has 160 valence electrons. The van der Waals surface area contributed by atoms with Crippen LogP contribution in [0.4, 0.5) is 0 Å². The summed E-state index contributed by atoms with van der Waals surface area (Å²) >= 11 is 5.88. The van der Waals surface area contributed by atoms with Crippen molar-refractivity contribution in [1.82, 2.24) is 9.21 Å². The molecular weight excluding hydrogens is 420 g/mol. The molecule has 0 aliphatic carbocycles. The van der Waals surface area contributed by atoms with E-state index >= 15 is 0 Å². The van der Waals surface area contributed by atoms with Gasteiger partial charge in [-0.3, -0.25) is 4.79 Å². The van der Waals surface area contributed by atoms with Gasteiger partial charge in [0.1, 0.15) is 0 Å². The van der Waals surface area contributed by atoms with Gasteiger partial charge in [-0.05, 0) is 60.7 Å². The van der Waals surface area contributed by atoms with Crippen LogP contribution in [0.15, 0.2) is 66.1 Å². The summed E-state index contributed by atoms with van der Waals surface area (Å²) in [6.45, 7) is 7.78. The fourth-order valence-electron chi connectivity index (χ4n) is 3.66. The third-order valence-electron chi connectivity index (χ3n) is 5.29. The minimum Gasteiger partial charge on any atom is -0.338 e. The maximum Gasteiger partial charge on any atom is 0.253 e. The number of rotatable bonds is 7. The predicted octanol–water partition coefficient (Wildman–Crippen LogP) is 4.59. The molecule has 5 nitrogen and oxygen atoms in total. The zero-order valence-electron chi connectivity index (χ0n) is 17.1. The molecule has 1 saturated heterocycles. The summed E-state index contributed by atoms with van der Waals surface area (Å²) in [4.78, 5) is 14.8. The van der Waals surface area contributed by atoms with E-state index < -0.39 is 10.0 Å². The minimum absolute atomic E-state index is 0.0323. The number of hydrogen-bond acceptors (Lipinski definition) is 3. The maximum atomic E-state index is 13.0. The van der Waals surface area contributed by atoms with E-state index in [4.69, 9.17) is 11.6 Å². The van der Waals surface area contributed by atoms with Gasteiger partial charge in [-0.25, -0.2) is 8.42 Å². The summed E-state index contributed by atoms with van der Waals surface area (Å²) in [6, 6.07) is 13.3. The molecule has 1 aliphatic rings. The second kappa shape index (κ2) is 9.77. The Morgan fingerprint density at radius 2 is 1.87 bits per heavy atom. The molecule has 0 unspecified atom stereocenters. The van der Waals surface area contributed by atoms with E-state index in [1.807, 2.05) is 17.0 Å². The van der Waals surface area contributed by atoms with E-state index in [1.54, 1.807) is 30.3 Å². The molecule has 3 rings (SSSR count). The number of halogens is 1.